The number of rotatable bonds is 6. The van der Waals surface area contributed by atoms with E-state index in [1.807, 2.05) is 18.2 Å². The van der Waals surface area contributed by atoms with Crippen LogP contribution in [0.15, 0.2) is 42.9 Å². The normalized spacial score (nSPS) is 20.6. The molecule has 130 valence electrons. The number of hydrogen-bond donors (Lipinski definition) is 0. The van der Waals surface area contributed by atoms with Crippen molar-refractivity contribution in [3.8, 4) is 0 Å². The van der Waals surface area contributed by atoms with Gasteiger partial charge in [0.05, 0.1) is 4.92 Å². The van der Waals surface area contributed by atoms with Crippen LogP contribution in [0.1, 0.15) is 24.8 Å². The summed E-state index contributed by atoms with van der Waals surface area (Å²) in [5.74, 6) is 0.995. The summed E-state index contributed by atoms with van der Waals surface area (Å²) in [6.07, 6.45) is 6.87. The van der Waals surface area contributed by atoms with Gasteiger partial charge < -0.3 is 4.90 Å². The molecule has 2 heterocycles. The van der Waals surface area contributed by atoms with Crippen molar-refractivity contribution in [3.63, 3.8) is 0 Å². The van der Waals surface area contributed by atoms with Crippen LogP contribution in [0.25, 0.3) is 0 Å². The highest BCUT2D eigenvalue weighted by molar-refractivity contribution is 5.43. The molecule has 1 aliphatic carbocycles. The van der Waals surface area contributed by atoms with Gasteiger partial charge in [0.15, 0.2) is 0 Å². The summed E-state index contributed by atoms with van der Waals surface area (Å²) in [6, 6.07) is 9.99. The van der Waals surface area contributed by atoms with Gasteiger partial charge in [0.2, 0.25) is 0 Å². The van der Waals surface area contributed by atoms with E-state index in [0.717, 1.165) is 30.9 Å². The topological polar surface area (TPSA) is 75.4 Å². The van der Waals surface area contributed by atoms with Crippen LogP contribution < -0.4 is 4.90 Å². The van der Waals surface area contributed by atoms with Crippen LogP contribution in [-0.4, -0.2) is 45.0 Å². The predicted molar refractivity (Wildman–Crippen MR) is 94.3 cm³/mol. The monoisotopic (exact) mass is 339 g/mol. The molecule has 1 aliphatic heterocycles. The fourth-order valence-electron chi connectivity index (χ4n) is 3.71. The van der Waals surface area contributed by atoms with E-state index in [2.05, 4.69) is 19.8 Å². The van der Waals surface area contributed by atoms with Gasteiger partial charge in [-0.05, 0) is 25.3 Å². The van der Waals surface area contributed by atoms with Crippen molar-refractivity contribution < 1.29 is 4.92 Å². The first-order valence-electron chi connectivity index (χ1n) is 8.71. The number of nitro groups is 1. The average Bonchev–Trinajstić information content (AvgIpc) is 3.36. The molecular formula is C18H21N5O2. The molecule has 1 aromatic heterocycles. The number of para-hydroxylation sites is 1. The Bertz CT molecular complexity index is 750. The smallest absolute Gasteiger partial charge is 0.273 e. The number of hydrogen-bond acceptors (Lipinski definition) is 6. The lowest BCUT2D eigenvalue weighted by atomic mass is 10.1. The number of anilines is 1. The first-order chi connectivity index (χ1) is 12.2. The Hall–Kier alpha value is -2.54. The number of aromatic nitrogens is 2. The van der Waals surface area contributed by atoms with Crippen LogP contribution >= 0.6 is 0 Å². The molecule has 1 aromatic carbocycles. The van der Waals surface area contributed by atoms with Crippen LogP contribution in [0, 0.1) is 10.1 Å². The maximum atomic E-state index is 11.2. The molecule has 0 bridgehead atoms. The van der Waals surface area contributed by atoms with E-state index in [-0.39, 0.29) is 10.6 Å². The first kappa shape index (κ1) is 16.0. The molecule has 2 aromatic rings. The molecule has 7 heteroatoms. The predicted octanol–water partition coefficient (Wildman–Crippen LogP) is 2.63. The summed E-state index contributed by atoms with van der Waals surface area (Å²) >= 11 is 0. The van der Waals surface area contributed by atoms with Gasteiger partial charge in [-0.1, -0.05) is 18.2 Å². The summed E-state index contributed by atoms with van der Waals surface area (Å²) in [4.78, 5) is 24.1. The van der Waals surface area contributed by atoms with Gasteiger partial charge >= 0.3 is 0 Å². The molecule has 4 rings (SSSR count). The van der Waals surface area contributed by atoms with Crippen LogP contribution in [0.5, 0.6) is 0 Å². The summed E-state index contributed by atoms with van der Waals surface area (Å²) < 4.78 is 0. The third kappa shape index (κ3) is 3.46. The van der Waals surface area contributed by atoms with Crippen molar-refractivity contribution in [2.24, 2.45) is 0 Å². The van der Waals surface area contributed by atoms with Gasteiger partial charge in [0.25, 0.3) is 5.69 Å². The molecule has 25 heavy (non-hydrogen) atoms. The minimum atomic E-state index is -0.291. The Morgan fingerprint density at radius 2 is 2.04 bits per heavy atom. The number of likely N-dealkylation sites (tertiary alicyclic amines) is 1. The Labute approximate surface area is 146 Å². The van der Waals surface area contributed by atoms with Gasteiger partial charge in [-0.2, -0.15) is 0 Å². The highest BCUT2D eigenvalue weighted by atomic mass is 16.6. The van der Waals surface area contributed by atoms with Crippen molar-refractivity contribution in [1.29, 1.82) is 0 Å². The van der Waals surface area contributed by atoms with Crippen LogP contribution in [0.4, 0.5) is 11.5 Å². The lowest BCUT2D eigenvalue weighted by molar-refractivity contribution is -0.385. The zero-order valence-corrected chi connectivity index (χ0v) is 14.0. The number of nitro benzene ring substituents is 1. The zero-order valence-electron chi connectivity index (χ0n) is 14.0. The molecule has 1 atom stereocenters. The number of nitrogens with zero attached hydrogens (tertiary/aromatic N) is 5. The fourth-order valence-corrected chi connectivity index (χ4v) is 3.71. The molecule has 2 aliphatic rings. The SMILES string of the molecule is O=[N+]([O-])c1ccccc1CN1CCC(N(c2ccncn2)C2CC2)C1. The van der Waals surface area contributed by atoms with E-state index in [1.165, 1.54) is 12.8 Å². The van der Waals surface area contributed by atoms with Gasteiger partial charge in [0, 0.05) is 49.5 Å². The highest BCUT2D eigenvalue weighted by Gasteiger charge is 2.38. The van der Waals surface area contributed by atoms with Gasteiger partial charge in [-0.25, -0.2) is 9.97 Å². The van der Waals surface area contributed by atoms with Crippen molar-refractivity contribution in [1.82, 2.24) is 14.9 Å². The first-order valence-corrected chi connectivity index (χ1v) is 8.71. The zero-order chi connectivity index (χ0) is 17.2. The Kier molecular flexibility index (Phi) is 4.31. The second kappa shape index (κ2) is 6.76. The third-order valence-electron chi connectivity index (χ3n) is 4.99. The molecule has 2 fully saturated rings. The fraction of sp³-hybridized carbons (Fsp3) is 0.444. The second-order valence-corrected chi connectivity index (χ2v) is 6.77. The van der Waals surface area contributed by atoms with Gasteiger partial charge in [-0.15, -0.1) is 0 Å². The van der Waals surface area contributed by atoms with Crippen molar-refractivity contribution in [3.05, 3.63) is 58.5 Å². The average molecular weight is 339 g/mol. The molecule has 1 saturated carbocycles. The maximum Gasteiger partial charge on any atom is 0.273 e. The molecular weight excluding hydrogens is 318 g/mol. The molecule has 0 amide bonds. The lowest BCUT2D eigenvalue weighted by Gasteiger charge is -2.30. The quantitative estimate of drug-likeness (QED) is 0.595. The summed E-state index contributed by atoms with van der Waals surface area (Å²) in [6.45, 7) is 2.48. The molecule has 7 nitrogen and oxygen atoms in total. The molecule has 0 radical (unpaired) electrons. The van der Waals surface area contributed by atoms with Crippen LogP contribution in [0.2, 0.25) is 0 Å². The number of benzene rings is 1. The van der Waals surface area contributed by atoms with Crippen molar-refractivity contribution in [2.45, 2.75) is 37.9 Å². The van der Waals surface area contributed by atoms with Crippen LogP contribution in [-0.2, 0) is 6.54 Å². The summed E-state index contributed by atoms with van der Waals surface area (Å²) in [5, 5.41) is 11.2. The molecule has 0 spiro atoms. The Morgan fingerprint density at radius 1 is 1.20 bits per heavy atom. The van der Waals surface area contributed by atoms with Crippen molar-refractivity contribution >= 4 is 11.5 Å². The van der Waals surface area contributed by atoms with E-state index in [4.69, 9.17) is 0 Å². The molecule has 1 unspecified atom stereocenters. The largest absolute Gasteiger partial charge is 0.349 e. The van der Waals surface area contributed by atoms with E-state index < -0.39 is 0 Å². The lowest BCUT2D eigenvalue weighted by Crippen LogP contribution is -2.39. The van der Waals surface area contributed by atoms with E-state index >= 15 is 0 Å². The standard InChI is InChI=1S/C18H21N5O2/c24-23(25)17-4-2-1-3-14(17)11-21-10-8-16(12-21)22(15-5-6-15)18-7-9-19-13-20-18/h1-4,7,9,13,15-16H,5-6,8,10-12H2. The third-order valence-corrected chi connectivity index (χ3v) is 4.99. The minimum Gasteiger partial charge on any atom is -0.349 e. The molecule has 1 saturated heterocycles. The van der Waals surface area contributed by atoms with Crippen LogP contribution in [0.3, 0.4) is 0 Å². The molecule has 0 N–H and O–H groups in total. The van der Waals surface area contributed by atoms with E-state index in [9.17, 15) is 10.1 Å². The highest BCUT2D eigenvalue weighted by Crippen LogP contribution is 2.35. The van der Waals surface area contributed by atoms with Gasteiger partial charge in [-0.3, -0.25) is 15.0 Å². The Balaban J connectivity index is 1.47. The second-order valence-electron chi connectivity index (χ2n) is 6.77. The maximum absolute atomic E-state index is 11.2. The minimum absolute atomic E-state index is 0.209. The van der Waals surface area contributed by atoms with E-state index in [1.54, 1.807) is 24.7 Å². The van der Waals surface area contributed by atoms with Crippen molar-refractivity contribution in [2.75, 3.05) is 18.0 Å². The summed E-state index contributed by atoms with van der Waals surface area (Å²) in [7, 11) is 0. The van der Waals surface area contributed by atoms with Gasteiger partial charge in [0.1, 0.15) is 12.1 Å². The Morgan fingerprint density at radius 3 is 2.76 bits per heavy atom. The summed E-state index contributed by atoms with van der Waals surface area (Å²) in [5.41, 5.74) is 0.994. The van der Waals surface area contributed by atoms with E-state index in [0.29, 0.717) is 18.6 Å².